The summed E-state index contributed by atoms with van der Waals surface area (Å²) in [6, 6.07) is 5.82. The molecule has 0 atom stereocenters. The second-order valence-corrected chi connectivity index (χ2v) is 6.63. The van der Waals surface area contributed by atoms with Crippen LogP contribution >= 0.6 is 38.5 Å². The second-order valence-electron chi connectivity index (χ2n) is 4.53. The molecule has 0 bridgehead atoms. The highest BCUT2D eigenvalue weighted by Crippen LogP contribution is 2.21. The lowest BCUT2D eigenvalue weighted by Gasteiger charge is -2.19. The van der Waals surface area contributed by atoms with Crippen molar-refractivity contribution in [2.75, 3.05) is 13.6 Å². The van der Waals surface area contributed by atoms with Gasteiger partial charge in [-0.25, -0.2) is 0 Å². The summed E-state index contributed by atoms with van der Waals surface area (Å²) < 4.78 is 1.94. The highest BCUT2D eigenvalue weighted by atomic mass is 127. The van der Waals surface area contributed by atoms with E-state index in [1.807, 2.05) is 25.2 Å². The average molecular weight is 410 g/mol. The molecule has 0 fully saturated rings. The van der Waals surface area contributed by atoms with Crippen LogP contribution in [0, 0.1) is 9.49 Å². The first kappa shape index (κ1) is 15.0. The first-order valence-electron chi connectivity index (χ1n) is 5.62. The van der Waals surface area contributed by atoms with E-state index in [-0.39, 0.29) is 5.91 Å². The molecule has 2 nitrogen and oxygen atoms in total. The molecule has 0 aliphatic carbocycles. The minimum Gasteiger partial charge on any atom is -0.342 e. The van der Waals surface area contributed by atoms with Crippen molar-refractivity contribution in [2.45, 2.75) is 20.3 Å². The van der Waals surface area contributed by atoms with Crippen LogP contribution in [0.1, 0.15) is 30.6 Å². The number of benzene rings is 1. The van der Waals surface area contributed by atoms with Crippen molar-refractivity contribution in [3.8, 4) is 0 Å². The molecule has 0 unspecified atom stereocenters. The van der Waals surface area contributed by atoms with Gasteiger partial charge in [-0.1, -0.05) is 13.8 Å². The molecule has 4 heteroatoms. The molecule has 1 aromatic rings. The van der Waals surface area contributed by atoms with Gasteiger partial charge in [-0.3, -0.25) is 4.79 Å². The average Bonchev–Trinajstić information content (AvgIpc) is 2.28. The van der Waals surface area contributed by atoms with E-state index in [0.717, 1.165) is 26.6 Å². The van der Waals surface area contributed by atoms with E-state index in [1.165, 1.54) is 0 Å². The molecule has 17 heavy (non-hydrogen) atoms. The third-order valence-electron chi connectivity index (χ3n) is 2.55. The third kappa shape index (κ3) is 4.58. The zero-order valence-corrected chi connectivity index (χ0v) is 14.1. The summed E-state index contributed by atoms with van der Waals surface area (Å²) in [5, 5.41) is 0. The summed E-state index contributed by atoms with van der Waals surface area (Å²) >= 11 is 5.65. The van der Waals surface area contributed by atoms with Gasteiger partial charge in [0.05, 0.1) is 5.56 Å². The van der Waals surface area contributed by atoms with E-state index >= 15 is 0 Å². The molecule has 0 N–H and O–H groups in total. The van der Waals surface area contributed by atoms with Gasteiger partial charge in [0.1, 0.15) is 0 Å². The van der Waals surface area contributed by atoms with E-state index in [1.54, 1.807) is 4.90 Å². The largest absolute Gasteiger partial charge is 0.342 e. The number of carbonyl (C=O) groups excluding carboxylic acids is 1. The van der Waals surface area contributed by atoms with Crippen LogP contribution < -0.4 is 0 Å². The fourth-order valence-electron chi connectivity index (χ4n) is 1.42. The Labute approximate surface area is 125 Å². The van der Waals surface area contributed by atoms with Gasteiger partial charge in [0, 0.05) is 21.6 Å². The molecule has 0 saturated carbocycles. The lowest BCUT2D eigenvalue weighted by atomic mass is 10.1. The van der Waals surface area contributed by atoms with Crippen LogP contribution in [-0.4, -0.2) is 24.4 Å². The third-order valence-corrected chi connectivity index (χ3v) is 3.91. The number of halogens is 2. The topological polar surface area (TPSA) is 20.3 Å². The predicted molar refractivity (Wildman–Crippen MR) is 83.3 cm³/mol. The molecule has 1 rings (SSSR count). The fraction of sp³-hybridized carbons (Fsp3) is 0.462. The molecule has 0 saturated heterocycles. The number of hydrogen-bond donors (Lipinski definition) is 0. The zero-order chi connectivity index (χ0) is 13.0. The summed E-state index contributed by atoms with van der Waals surface area (Å²) in [5.74, 6) is 0.695. The lowest BCUT2D eigenvalue weighted by Crippen LogP contribution is -2.28. The van der Waals surface area contributed by atoms with Crippen LogP contribution in [0.15, 0.2) is 22.7 Å². The molecule has 0 heterocycles. The van der Waals surface area contributed by atoms with Gasteiger partial charge < -0.3 is 4.90 Å². The first-order valence-corrected chi connectivity index (χ1v) is 7.49. The van der Waals surface area contributed by atoms with Gasteiger partial charge in [-0.2, -0.15) is 0 Å². The highest BCUT2D eigenvalue weighted by Gasteiger charge is 2.15. The van der Waals surface area contributed by atoms with Crippen molar-refractivity contribution >= 4 is 44.4 Å². The molecule has 0 aliphatic heterocycles. The van der Waals surface area contributed by atoms with E-state index in [2.05, 4.69) is 52.4 Å². The van der Waals surface area contributed by atoms with Crippen molar-refractivity contribution in [2.24, 2.45) is 5.92 Å². The Hall–Kier alpha value is -0.100. The Morgan fingerprint density at radius 3 is 2.71 bits per heavy atom. The van der Waals surface area contributed by atoms with Crippen LogP contribution in [0.3, 0.4) is 0 Å². The SMILES string of the molecule is CC(C)CCN(C)C(=O)c1cc(I)ccc1Br. The molecule has 0 aliphatic rings. The number of carbonyl (C=O) groups is 1. The van der Waals surface area contributed by atoms with Crippen molar-refractivity contribution in [1.82, 2.24) is 4.90 Å². The van der Waals surface area contributed by atoms with Crippen LogP contribution in [-0.2, 0) is 0 Å². The number of rotatable bonds is 4. The molecule has 0 radical (unpaired) electrons. The lowest BCUT2D eigenvalue weighted by molar-refractivity contribution is 0.0788. The zero-order valence-electron chi connectivity index (χ0n) is 10.3. The van der Waals surface area contributed by atoms with Gasteiger partial charge in [-0.05, 0) is 69.1 Å². The fourth-order valence-corrected chi connectivity index (χ4v) is 2.33. The summed E-state index contributed by atoms with van der Waals surface area (Å²) in [6.45, 7) is 5.13. The molecule has 0 aromatic heterocycles. The molecule has 94 valence electrons. The quantitative estimate of drug-likeness (QED) is 0.683. The van der Waals surface area contributed by atoms with Crippen LogP contribution in [0.25, 0.3) is 0 Å². The Bertz CT molecular complexity index is 406. The van der Waals surface area contributed by atoms with Crippen molar-refractivity contribution in [3.63, 3.8) is 0 Å². The summed E-state index contributed by atoms with van der Waals surface area (Å²) in [5.41, 5.74) is 0.739. The van der Waals surface area contributed by atoms with Crippen molar-refractivity contribution in [1.29, 1.82) is 0 Å². The Morgan fingerprint density at radius 2 is 2.12 bits per heavy atom. The maximum Gasteiger partial charge on any atom is 0.254 e. The van der Waals surface area contributed by atoms with Gasteiger partial charge in [0.25, 0.3) is 5.91 Å². The standard InChI is InChI=1S/C13H17BrINO/c1-9(2)6-7-16(3)13(17)11-8-10(15)4-5-12(11)14/h4-5,8-9H,6-7H2,1-3H3. The maximum absolute atomic E-state index is 12.2. The Balaban J connectivity index is 2.78. The molecule has 1 amide bonds. The monoisotopic (exact) mass is 409 g/mol. The molecular formula is C13H17BrINO. The second kappa shape index (κ2) is 6.73. The first-order chi connectivity index (χ1) is 7.91. The van der Waals surface area contributed by atoms with E-state index in [9.17, 15) is 4.79 Å². The van der Waals surface area contributed by atoms with Gasteiger partial charge >= 0.3 is 0 Å². The van der Waals surface area contributed by atoms with Crippen LogP contribution in [0.4, 0.5) is 0 Å². The van der Waals surface area contributed by atoms with Crippen LogP contribution in [0.5, 0.6) is 0 Å². The Morgan fingerprint density at radius 1 is 1.47 bits per heavy atom. The van der Waals surface area contributed by atoms with E-state index < -0.39 is 0 Å². The maximum atomic E-state index is 12.2. The summed E-state index contributed by atoms with van der Waals surface area (Å²) in [6.07, 6.45) is 1.03. The van der Waals surface area contributed by atoms with E-state index in [0.29, 0.717) is 5.92 Å². The van der Waals surface area contributed by atoms with Crippen molar-refractivity contribution in [3.05, 3.63) is 31.8 Å². The number of hydrogen-bond acceptors (Lipinski definition) is 1. The summed E-state index contributed by atoms with van der Waals surface area (Å²) in [7, 11) is 1.86. The molecule has 0 spiro atoms. The smallest absolute Gasteiger partial charge is 0.254 e. The van der Waals surface area contributed by atoms with Gasteiger partial charge in [-0.15, -0.1) is 0 Å². The molecule has 1 aromatic carbocycles. The highest BCUT2D eigenvalue weighted by molar-refractivity contribution is 14.1. The number of amides is 1. The van der Waals surface area contributed by atoms with Crippen LogP contribution in [0.2, 0.25) is 0 Å². The predicted octanol–water partition coefficient (Wildman–Crippen LogP) is 4.17. The minimum absolute atomic E-state index is 0.0797. The van der Waals surface area contributed by atoms with Crippen molar-refractivity contribution < 1.29 is 4.79 Å². The number of nitrogens with zero attached hydrogens (tertiary/aromatic N) is 1. The van der Waals surface area contributed by atoms with Gasteiger partial charge in [0.15, 0.2) is 0 Å². The minimum atomic E-state index is 0.0797. The van der Waals surface area contributed by atoms with Gasteiger partial charge in [0.2, 0.25) is 0 Å². The summed E-state index contributed by atoms with van der Waals surface area (Å²) in [4.78, 5) is 14.0. The normalized spacial score (nSPS) is 10.7. The molecular weight excluding hydrogens is 393 g/mol. The Kier molecular flexibility index (Phi) is 5.92. The van der Waals surface area contributed by atoms with E-state index in [4.69, 9.17) is 0 Å².